The van der Waals surface area contributed by atoms with E-state index in [1.54, 1.807) is 0 Å². The molecule has 16 heavy (non-hydrogen) atoms. The molecule has 1 aromatic heterocycles. The maximum absolute atomic E-state index is 11.1. The summed E-state index contributed by atoms with van der Waals surface area (Å²) < 4.78 is 8.92. The molecule has 8 heteroatoms. The monoisotopic (exact) mass is 229 g/mol. The van der Waals surface area contributed by atoms with Crippen molar-refractivity contribution in [3.8, 4) is 5.75 Å². The summed E-state index contributed by atoms with van der Waals surface area (Å²) in [6.07, 6.45) is 0. The van der Waals surface area contributed by atoms with Gasteiger partial charge in [-0.25, -0.2) is 4.79 Å². The fraction of sp³-hybridized carbons (Fsp3) is 0.250. The number of hydrogen-bond acceptors (Lipinski definition) is 7. The molecule has 1 aromatic rings. The lowest BCUT2D eigenvalue weighted by Crippen LogP contribution is -2.11. The average Bonchev–Trinajstić information content (AvgIpc) is 2.21. The van der Waals surface area contributed by atoms with Crippen molar-refractivity contribution in [2.75, 3.05) is 6.61 Å². The zero-order valence-electron chi connectivity index (χ0n) is 8.13. The molecule has 0 amide bonds. The molecular weight excluding hydrogens is 222 g/mol. The summed E-state index contributed by atoms with van der Waals surface area (Å²) in [7, 11) is 0. The summed E-state index contributed by atoms with van der Waals surface area (Å²) in [5.41, 5.74) is -1.08. The van der Waals surface area contributed by atoms with Crippen molar-refractivity contribution >= 4 is 11.9 Å². The van der Waals surface area contributed by atoms with Crippen LogP contribution in [0.4, 0.5) is 5.88 Å². The van der Waals surface area contributed by atoms with Crippen LogP contribution in [0.3, 0.4) is 0 Å². The Labute approximate surface area is 88.2 Å². The summed E-state index contributed by atoms with van der Waals surface area (Å²) in [5.74, 6) is -3.98. The van der Waals surface area contributed by atoms with Gasteiger partial charge in [0.15, 0.2) is 0 Å². The molecule has 0 aliphatic rings. The highest BCUT2D eigenvalue weighted by Gasteiger charge is 2.24. The summed E-state index contributed by atoms with van der Waals surface area (Å²) in [5, 5.41) is 19.4. The Hall–Kier alpha value is -2.38. The van der Waals surface area contributed by atoms with Crippen molar-refractivity contribution in [1.29, 1.82) is 0 Å². The normalized spacial score (nSPS) is 9.81. The van der Waals surface area contributed by atoms with Gasteiger partial charge in [0, 0.05) is 6.07 Å². The van der Waals surface area contributed by atoms with Crippen molar-refractivity contribution in [1.82, 2.24) is 0 Å². The fourth-order valence-corrected chi connectivity index (χ4v) is 0.901. The van der Waals surface area contributed by atoms with Crippen LogP contribution in [-0.2, 0) is 4.74 Å². The molecule has 8 nitrogen and oxygen atoms in total. The highest BCUT2D eigenvalue weighted by molar-refractivity contribution is 5.86. The van der Waals surface area contributed by atoms with E-state index in [9.17, 15) is 19.7 Å². The minimum atomic E-state index is -1.18. The van der Waals surface area contributed by atoms with Gasteiger partial charge in [-0.15, -0.1) is 0 Å². The van der Waals surface area contributed by atoms with E-state index in [0.29, 0.717) is 6.07 Å². The third-order valence-electron chi connectivity index (χ3n) is 1.55. The number of carbonyl (C=O) groups is 1. The Morgan fingerprint density at radius 2 is 2.31 bits per heavy atom. The quantitative estimate of drug-likeness (QED) is 0.453. The second-order valence-corrected chi connectivity index (χ2v) is 2.61. The molecule has 0 aliphatic heterocycles. The molecule has 1 heterocycles. The minimum Gasteiger partial charge on any atom is -0.497 e. The zero-order valence-corrected chi connectivity index (χ0v) is 8.13. The Bertz CT molecular complexity index is 490. The molecule has 0 atom stereocenters. The summed E-state index contributed by atoms with van der Waals surface area (Å²) in [4.78, 5) is 31.4. The highest BCUT2D eigenvalue weighted by atomic mass is 16.7. The molecule has 0 saturated heterocycles. The zero-order chi connectivity index (χ0) is 12.3. The van der Waals surface area contributed by atoms with Crippen LogP contribution in [0.2, 0.25) is 0 Å². The van der Waals surface area contributed by atoms with E-state index in [1.807, 2.05) is 0 Å². The van der Waals surface area contributed by atoms with Gasteiger partial charge in [0.2, 0.25) is 11.2 Å². The second kappa shape index (κ2) is 4.43. The van der Waals surface area contributed by atoms with Crippen LogP contribution in [0, 0.1) is 10.1 Å². The molecule has 0 spiro atoms. The third-order valence-corrected chi connectivity index (χ3v) is 1.55. The second-order valence-electron chi connectivity index (χ2n) is 2.61. The van der Waals surface area contributed by atoms with Crippen LogP contribution in [0.25, 0.3) is 0 Å². The Morgan fingerprint density at radius 3 is 2.81 bits per heavy atom. The van der Waals surface area contributed by atoms with Gasteiger partial charge in [-0.2, -0.15) is 0 Å². The van der Waals surface area contributed by atoms with Crippen LogP contribution in [-0.4, -0.2) is 22.6 Å². The first-order valence-corrected chi connectivity index (χ1v) is 4.16. The number of hydrogen-bond donors (Lipinski definition) is 1. The lowest BCUT2D eigenvalue weighted by atomic mass is 10.3. The first kappa shape index (κ1) is 11.7. The van der Waals surface area contributed by atoms with Crippen LogP contribution < -0.4 is 5.43 Å². The smallest absolute Gasteiger partial charge is 0.480 e. The van der Waals surface area contributed by atoms with E-state index in [0.717, 1.165) is 0 Å². The molecule has 1 rings (SSSR count). The van der Waals surface area contributed by atoms with E-state index in [-0.39, 0.29) is 6.61 Å². The average molecular weight is 229 g/mol. The molecule has 0 fully saturated rings. The number of nitrogens with zero attached hydrogens (tertiary/aromatic N) is 1. The number of esters is 1. The molecule has 0 aliphatic carbocycles. The van der Waals surface area contributed by atoms with Gasteiger partial charge in [-0.05, 0) is 6.92 Å². The van der Waals surface area contributed by atoms with E-state index in [2.05, 4.69) is 9.15 Å². The summed E-state index contributed by atoms with van der Waals surface area (Å²) in [6, 6.07) is 0.625. The highest BCUT2D eigenvalue weighted by Crippen LogP contribution is 2.22. The van der Waals surface area contributed by atoms with E-state index >= 15 is 0 Å². The van der Waals surface area contributed by atoms with E-state index in [1.165, 1.54) is 6.92 Å². The van der Waals surface area contributed by atoms with Crippen molar-refractivity contribution in [3.05, 3.63) is 32.2 Å². The maximum atomic E-state index is 11.1. The third kappa shape index (κ3) is 2.16. The number of nitro groups is 1. The van der Waals surface area contributed by atoms with Crippen molar-refractivity contribution in [2.24, 2.45) is 0 Å². The Kier molecular flexibility index (Phi) is 3.24. The molecule has 1 N–H and O–H groups in total. The number of aromatic hydroxyl groups is 1. The SMILES string of the molecule is CCOC(=O)c1cc(=O)c(O)c([N+](=O)[O-])o1. The van der Waals surface area contributed by atoms with Gasteiger partial charge in [-0.1, -0.05) is 0 Å². The van der Waals surface area contributed by atoms with Crippen molar-refractivity contribution in [3.63, 3.8) is 0 Å². The predicted octanol–water partition coefficient (Wildman–Crippen LogP) is 0.430. The van der Waals surface area contributed by atoms with Crippen LogP contribution in [0.15, 0.2) is 15.3 Å². The van der Waals surface area contributed by atoms with Crippen LogP contribution >= 0.6 is 0 Å². The maximum Gasteiger partial charge on any atom is 0.480 e. The van der Waals surface area contributed by atoms with Gasteiger partial charge in [0.1, 0.15) is 4.92 Å². The van der Waals surface area contributed by atoms with Crippen LogP contribution in [0.1, 0.15) is 17.5 Å². The van der Waals surface area contributed by atoms with Gasteiger partial charge in [0.25, 0.3) is 5.75 Å². The molecule has 0 aromatic carbocycles. The number of rotatable bonds is 3. The number of ether oxygens (including phenoxy) is 1. The largest absolute Gasteiger partial charge is 0.497 e. The molecule has 0 unspecified atom stereocenters. The topological polar surface area (TPSA) is 120 Å². The molecule has 0 bridgehead atoms. The fourth-order valence-electron chi connectivity index (χ4n) is 0.901. The molecule has 86 valence electrons. The van der Waals surface area contributed by atoms with Crippen molar-refractivity contribution in [2.45, 2.75) is 6.92 Å². The summed E-state index contributed by atoms with van der Waals surface area (Å²) >= 11 is 0. The Morgan fingerprint density at radius 1 is 1.69 bits per heavy atom. The molecular formula is C8H7NO7. The van der Waals surface area contributed by atoms with Gasteiger partial charge in [-0.3, -0.25) is 14.9 Å². The van der Waals surface area contributed by atoms with Gasteiger partial charge >= 0.3 is 11.9 Å². The lowest BCUT2D eigenvalue weighted by Gasteiger charge is -2.00. The van der Waals surface area contributed by atoms with Gasteiger partial charge in [0.05, 0.1) is 6.61 Å². The lowest BCUT2D eigenvalue weighted by molar-refractivity contribution is -0.404. The first-order valence-electron chi connectivity index (χ1n) is 4.16. The standard InChI is InChI=1S/C8H7NO7/c1-2-15-8(12)5-3-4(10)6(11)7(16-5)9(13)14/h3,11H,2H2,1H3. The molecule has 0 radical (unpaired) electrons. The number of carbonyl (C=O) groups excluding carboxylic acids is 1. The minimum absolute atomic E-state index is 0.0250. The molecule has 0 saturated carbocycles. The van der Waals surface area contributed by atoms with Gasteiger partial charge < -0.3 is 14.3 Å². The Balaban J connectivity index is 3.29. The summed E-state index contributed by atoms with van der Waals surface area (Å²) in [6.45, 7) is 1.54. The van der Waals surface area contributed by atoms with E-state index < -0.39 is 33.7 Å². The van der Waals surface area contributed by atoms with Crippen LogP contribution in [0.5, 0.6) is 5.75 Å². The van der Waals surface area contributed by atoms with E-state index in [4.69, 9.17) is 5.11 Å². The van der Waals surface area contributed by atoms with Crippen molar-refractivity contribution < 1.29 is 24.0 Å². The predicted molar refractivity (Wildman–Crippen MR) is 49.3 cm³/mol. The first-order chi connectivity index (χ1) is 7.47.